The quantitative estimate of drug-likeness (QED) is 0.575. The number of carbonyl (C=O) groups excluding carboxylic acids is 1. The summed E-state index contributed by atoms with van der Waals surface area (Å²) in [6, 6.07) is 4.40. The first-order valence-corrected chi connectivity index (χ1v) is 6.73. The summed E-state index contributed by atoms with van der Waals surface area (Å²) in [5.74, 6) is -1.17. The minimum Gasteiger partial charge on any atom is -0.481 e. The van der Waals surface area contributed by atoms with Crippen molar-refractivity contribution in [2.45, 2.75) is 44.7 Å². The molecule has 0 unspecified atom stereocenters. The monoisotopic (exact) mass is 302 g/mol. The second kappa shape index (κ2) is 7.81. The first-order valence-electron chi connectivity index (χ1n) is 6.73. The van der Waals surface area contributed by atoms with E-state index in [4.69, 9.17) is 5.11 Å². The van der Waals surface area contributed by atoms with Crippen LogP contribution >= 0.6 is 0 Å². The summed E-state index contributed by atoms with van der Waals surface area (Å²) < 4.78 is 37.6. The number of aliphatic carboxylic acids is 1. The van der Waals surface area contributed by atoms with Gasteiger partial charge in [-0.2, -0.15) is 13.2 Å². The molecule has 0 saturated carbocycles. The average Bonchev–Trinajstić information content (AvgIpc) is 2.41. The molecule has 0 aliphatic rings. The van der Waals surface area contributed by atoms with Crippen LogP contribution in [0.5, 0.6) is 0 Å². The van der Waals surface area contributed by atoms with Gasteiger partial charge in [-0.05, 0) is 25.0 Å². The highest BCUT2D eigenvalue weighted by Gasteiger charge is 2.30. The minimum absolute atomic E-state index is 0.0651. The van der Waals surface area contributed by atoms with Crippen LogP contribution in [-0.4, -0.2) is 16.9 Å². The molecular formula is C15H17F3O3. The van der Waals surface area contributed by atoms with E-state index in [0.717, 1.165) is 12.1 Å². The fraction of sp³-hybridized carbons (Fsp3) is 0.467. The van der Waals surface area contributed by atoms with Crippen LogP contribution in [-0.2, 0) is 11.0 Å². The highest BCUT2D eigenvalue weighted by Crippen LogP contribution is 2.29. The fourth-order valence-electron chi connectivity index (χ4n) is 1.93. The number of hydrogen-bond acceptors (Lipinski definition) is 2. The van der Waals surface area contributed by atoms with Gasteiger partial charge in [0, 0.05) is 18.4 Å². The summed E-state index contributed by atoms with van der Waals surface area (Å²) in [4.78, 5) is 22.1. The summed E-state index contributed by atoms with van der Waals surface area (Å²) in [6.07, 6.45) is -1.69. The number of Topliss-reactive ketones (excluding diaryl/α,β-unsaturated/α-hetero) is 1. The zero-order valence-corrected chi connectivity index (χ0v) is 11.4. The molecule has 116 valence electrons. The molecule has 0 amide bonds. The maximum atomic E-state index is 12.5. The standard InChI is InChI=1S/C15H17F3O3/c16-15(17,18)12-7-5-6-11(10-12)13(19)8-3-1-2-4-9-14(20)21/h5-7,10H,1-4,8-9H2,(H,20,21). The molecule has 1 aromatic carbocycles. The molecule has 0 aliphatic carbocycles. The summed E-state index contributed by atoms with van der Waals surface area (Å²) in [5.41, 5.74) is -0.759. The molecule has 0 atom stereocenters. The van der Waals surface area contributed by atoms with Crippen molar-refractivity contribution in [1.82, 2.24) is 0 Å². The number of carboxylic acids is 1. The summed E-state index contributed by atoms with van der Waals surface area (Å²) in [7, 11) is 0. The van der Waals surface area contributed by atoms with Crippen molar-refractivity contribution in [3.8, 4) is 0 Å². The van der Waals surface area contributed by atoms with Gasteiger partial charge < -0.3 is 5.11 Å². The lowest BCUT2D eigenvalue weighted by Crippen LogP contribution is -2.07. The van der Waals surface area contributed by atoms with Crippen LogP contribution in [0, 0.1) is 0 Å². The normalized spacial score (nSPS) is 11.4. The van der Waals surface area contributed by atoms with Gasteiger partial charge in [0.15, 0.2) is 5.78 Å². The van der Waals surface area contributed by atoms with Crippen LogP contribution < -0.4 is 0 Å². The Hall–Kier alpha value is -1.85. The number of halogens is 3. The van der Waals surface area contributed by atoms with Crippen LogP contribution in [0.2, 0.25) is 0 Å². The molecular weight excluding hydrogens is 285 g/mol. The zero-order chi connectivity index (χ0) is 15.9. The number of carbonyl (C=O) groups is 2. The van der Waals surface area contributed by atoms with Gasteiger partial charge in [0.1, 0.15) is 0 Å². The Bertz CT molecular complexity index is 495. The minimum atomic E-state index is -4.45. The predicted octanol–water partition coefficient (Wildman–Crippen LogP) is 4.31. The van der Waals surface area contributed by atoms with E-state index in [1.165, 1.54) is 12.1 Å². The third-order valence-corrected chi connectivity index (χ3v) is 3.06. The predicted molar refractivity (Wildman–Crippen MR) is 71.1 cm³/mol. The lowest BCUT2D eigenvalue weighted by Gasteiger charge is -2.08. The largest absolute Gasteiger partial charge is 0.481 e. The smallest absolute Gasteiger partial charge is 0.416 e. The van der Waals surface area contributed by atoms with E-state index in [2.05, 4.69) is 0 Å². The van der Waals surface area contributed by atoms with Gasteiger partial charge in [-0.25, -0.2) is 0 Å². The summed E-state index contributed by atoms with van der Waals surface area (Å²) in [5, 5.41) is 8.45. The second-order valence-electron chi connectivity index (χ2n) is 4.81. The second-order valence-corrected chi connectivity index (χ2v) is 4.81. The molecule has 0 saturated heterocycles. The van der Waals surface area contributed by atoms with Gasteiger partial charge in [-0.1, -0.05) is 25.0 Å². The number of alkyl halides is 3. The first kappa shape index (κ1) is 17.2. The number of unbranched alkanes of at least 4 members (excludes halogenated alkanes) is 3. The Balaban J connectivity index is 2.40. The Kier molecular flexibility index (Phi) is 6.39. The van der Waals surface area contributed by atoms with Gasteiger partial charge in [0.05, 0.1) is 5.56 Å². The molecule has 0 aliphatic heterocycles. The Morgan fingerprint density at radius 2 is 1.62 bits per heavy atom. The van der Waals surface area contributed by atoms with E-state index < -0.39 is 17.7 Å². The topological polar surface area (TPSA) is 54.4 Å². The van der Waals surface area contributed by atoms with Gasteiger partial charge >= 0.3 is 12.1 Å². The SMILES string of the molecule is O=C(O)CCCCCCC(=O)c1cccc(C(F)(F)F)c1. The lowest BCUT2D eigenvalue weighted by molar-refractivity contribution is -0.138. The molecule has 0 aromatic heterocycles. The van der Waals surface area contributed by atoms with Crippen LogP contribution in [0.3, 0.4) is 0 Å². The molecule has 0 heterocycles. The van der Waals surface area contributed by atoms with Crippen LogP contribution in [0.25, 0.3) is 0 Å². The third-order valence-electron chi connectivity index (χ3n) is 3.06. The number of ketones is 1. The van der Waals surface area contributed by atoms with Crippen molar-refractivity contribution in [3.05, 3.63) is 35.4 Å². The molecule has 6 heteroatoms. The Morgan fingerprint density at radius 3 is 2.19 bits per heavy atom. The van der Waals surface area contributed by atoms with Crippen molar-refractivity contribution < 1.29 is 27.9 Å². The average molecular weight is 302 g/mol. The lowest BCUT2D eigenvalue weighted by atomic mass is 10.0. The Labute approximate surface area is 120 Å². The van der Waals surface area contributed by atoms with Gasteiger partial charge in [0.25, 0.3) is 0 Å². The fourth-order valence-corrected chi connectivity index (χ4v) is 1.93. The molecule has 0 radical (unpaired) electrons. The molecule has 3 nitrogen and oxygen atoms in total. The van der Waals surface area contributed by atoms with E-state index in [-0.39, 0.29) is 24.2 Å². The molecule has 1 N–H and O–H groups in total. The first-order chi connectivity index (χ1) is 9.80. The van der Waals surface area contributed by atoms with Gasteiger partial charge in [0.2, 0.25) is 0 Å². The molecule has 21 heavy (non-hydrogen) atoms. The van der Waals surface area contributed by atoms with Gasteiger partial charge in [-0.3, -0.25) is 9.59 Å². The summed E-state index contributed by atoms with van der Waals surface area (Å²) in [6.45, 7) is 0. The van der Waals surface area contributed by atoms with E-state index in [1.54, 1.807) is 0 Å². The highest BCUT2D eigenvalue weighted by molar-refractivity contribution is 5.96. The Morgan fingerprint density at radius 1 is 1.00 bits per heavy atom. The van der Waals surface area contributed by atoms with Crippen molar-refractivity contribution in [2.75, 3.05) is 0 Å². The molecule has 1 rings (SSSR count). The highest BCUT2D eigenvalue weighted by atomic mass is 19.4. The molecule has 1 aromatic rings. The van der Waals surface area contributed by atoms with E-state index in [9.17, 15) is 22.8 Å². The number of carboxylic acid groups (broad SMARTS) is 1. The number of hydrogen-bond donors (Lipinski definition) is 1. The van der Waals surface area contributed by atoms with Crippen molar-refractivity contribution in [2.24, 2.45) is 0 Å². The maximum Gasteiger partial charge on any atom is 0.416 e. The number of rotatable bonds is 8. The van der Waals surface area contributed by atoms with E-state index in [0.29, 0.717) is 25.7 Å². The molecule has 0 bridgehead atoms. The van der Waals surface area contributed by atoms with E-state index in [1.807, 2.05) is 0 Å². The van der Waals surface area contributed by atoms with Crippen molar-refractivity contribution in [1.29, 1.82) is 0 Å². The van der Waals surface area contributed by atoms with Crippen LogP contribution in [0.4, 0.5) is 13.2 Å². The third kappa shape index (κ3) is 6.42. The zero-order valence-electron chi connectivity index (χ0n) is 11.4. The van der Waals surface area contributed by atoms with Crippen LogP contribution in [0.1, 0.15) is 54.4 Å². The number of benzene rings is 1. The summed E-state index contributed by atoms with van der Waals surface area (Å²) >= 11 is 0. The molecule has 0 fully saturated rings. The van der Waals surface area contributed by atoms with Crippen molar-refractivity contribution >= 4 is 11.8 Å². The maximum absolute atomic E-state index is 12.5. The van der Waals surface area contributed by atoms with Crippen LogP contribution in [0.15, 0.2) is 24.3 Å². The van der Waals surface area contributed by atoms with Crippen molar-refractivity contribution in [3.63, 3.8) is 0 Å². The van der Waals surface area contributed by atoms with Gasteiger partial charge in [-0.15, -0.1) is 0 Å². The molecule has 0 spiro atoms. The van der Waals surface area contributed by atoms with E-state index >= 15 is 0 Å².